The van der Waals surface area contributed by atoms with Gasteiger partial charge in [0.25, 0.3) is 0 Å². The largest absolute Gasteiger partial charge is 0.495 e. The van der Waals surface area contributed by atoms with Crippen LogP contribution in [0.4, 0.5) is 5.69 Å². The summed E-state index contributed by atoms with van der Waals surface area (Å²) >= 11 is 0. The summed E-state index contributed by atoms with van der Waals surface area (Å²) in [5.41, 5.74) is 9.46. The van der Waals surface area contributed by atoms with Crippen molar-refractivity contribution in [3.05, 3.63) is 23.3 Å². The molecule has 0 saturated carbocycles. The molecule has 0 bridgehead atoms. The number of nitrogens with one attached hydrogen (secondary N) is 1. The Kier molecular flexibility index (Phi) is 3.75. The molecule has 0 saturated heterocycles. The van der Waals surface area contributed by atoms with E-state index >= 15 is 0 Å². The van der Waals surface area contributed by atoms with Crippen molar-refractivity contribution in [2.24, 2.45) is 0 Å². The molecule has 4 heteroatoms. The van der Waals surface area contributed by atoms with Crippen LogP contribution in [0.5, 0.6) is 5.75 Å². The van der Waals surface area contributed by atoms with Crippen LogP contribution in [0.15, 0.2) is 12.1 Å². The first kappa shape index (κ1) is 12.7. The van der Waals surface area contributed by atoms with Gasteiger partial charge in [0.05, 0.1) is 12.8 Å². The van der Waals surface area contributed by atoms with E-state index in [0.717, 1.165) is 30.7 Å². The molecule has 4 nitrogen and oxygen atoms in total. The predicted octanol–water partition coefficient (Wildman–Crippen LogP) is 1.83. The van der Waals surface area contributed by atoms with Gasteiger partial charge in [-0.15, -0.1) is 0 Å². The van der Waals surface area contributed by atoms with E-state index in [4.69, 9.17) is 10.5 Å². The number of ether oxygens (including phenoxy) is 1. The van der Waals surface area contributed by atoms with Crippen molar-refractivity contribution in [1.29, 1.82) is 0 Å². The summed E-state index contributed by atoms with van der Waals surface area (Å²) in [4.78, 5) is 10.9. The number of nitrogen functional groups attached to an aromatic ring is 1. The number of hydrogen-bond donors (Lipinski definition) is 2. The lowest BCUT2D eigenvalue weighted by atomic mass is 9.96. The summed E-state index contributed by atoms with van der Waals surface area (Å²) < 4.78 is 5.27. The Balaban J connectivity index is 2.13. The summed E-state index contributed by atoms with van der Waals surface area (Å²) in [7, 11) is 1.64. The van der Waals surface area contributed by atoms with Gasteiger partial charge in [-0.3, -0.25) is 4.79 Å². The normalized spacial score (nSPS) is 17.3. The minimum absolute atomic E-state index is 0.0202. The van der Waals surface area contributed by atoms with E-state index in [1.165, 1.54) is 11.1 Å². The molecule has 0 radical (unpaired) electrons. The molecule has 3 N–H and O–H groups in total. The monoisotopic (exact) mass is 248 g/mol. The first-order valence-corrected chi connectivity index (χ1v) is 6.33. The van der Waals surface area contributed by atoms with Crippen molar-refractivity contribution in [3.8, 4) is 5.75 Å². The van der Waals surface area contributed by atoms with E-state index in [0.29, 0.717) is 12.5 Å². The van der Waals surface area contributed by atoms with Gasteiger partial charge in [-0.05, 0) is 42.4 Å². The number of methoxy groups -OCH3 is 1. The highest BCUT2D eigenvalue weighted by Crippen LogP contribution is 2.42. The molecule has 1 unspecified atom stereocenters. The highest BCUT2D eigenvalue weighted by atomic mass is 16.5. The molecule has 0 heterocycles. The number of carbonyl (C=O) groups is 1. The van der Waals surface area contributed by atoms with Crippen LogP contribution in [0.2, 0.25) is 0 Å². The lowest BCUT2D eigenvalue weighted by molar-refractivity contribution is -0.118. The van der Waals surface area contributed by atoms with E-state index in [2.05, 4.69) is 11.4 Å². The average Bonchev–Trinajstić information content (AvgIpc) is 2.73. The molecule has 1 atom stereocenters. The van der Waals surface area contributed by atoms with Gasteiger partial charge in [0, 0.05) is 13.5 Å². The van der Waals surface area contributed by atoms with Gasteiger partial charge in [0.2, 0.25) is 5.91 Å². The SMILES string of the molecule is COc1ccc2c(c1N)C(CCNC(C)=O)CC2. The third kappa shape index (κ3) is 2.42. The van der Waals surface area contributed by atoms with Crippen LogP contribution in [-0.2, 0) is 11.2 Å². The number of anilines is 1. The molecule has 18 heavy (non-hydrogen) atoms. The molecule has 1 amide bonds. The Bertz CT molecular complexity index is 457. The summed E-state index contributed by atoms with van der Waals surface area (Å²) in [6.07, 6.45) is 3.10. The van der Waals surface area contributed by atoms with Crippen molar-refractivity contribution < 1.29 is 9.53 Å². The standard InChI is InChI=1S/C14H20N2O2/c1-9(17)16-8-7-11-4-3-10-5-6-12(18-2)14(15)13(10)11/h5-6,11H,3-4,7-8,15H2,1-2H3,(H,16,17). The van der Waals surface area contributed by atoms with E-state index in [9.17, 15) is 4.79 Å². The number of aryl methyl sites for hydroxylation is 1. The fourth-order valence-electron chi connectivity index (χ4n) is 2.72. The van der Waals surface area contributed by atoms with Crippen LogP contribution in [0.3, 0.4) is 0 Å². The molecule has 0 fully saturated rings. The van der Waals surface area contributed by atoms with Crippen LogP contribution in [0.25, 0.3) is 0 Å². The Hall–Kier alpha value is -1.71. The molecule has 1 aromatic carbocycles. The Morgan fingerprint density at radius 2 is 2.33 bits per heavy atom. The fourth-order valence-corrected chi connectivity index (χ4v) is 2.72. The first-order chi connectivity index (χ1) is 8.63. The Morgan fingerprint density at radius 3 is 3.00 bits per heavy atom. The third-order valence-electron chi connectivity index (χ3n) is 3.59. The molecule has 0 aliphatic heterocycles. The molecule has 1 aromatic rings. The highest BCUT2D eigenvalue weighted by Gasteiger charge is 2.26. The number of carbonyl (C=O) groups excluding carboxylic acids is 1. The van der Waals surface area contributed by atoms with Crippen molar-refractivity contribution in [2.75, 3.05) is 19.4 Å². The third-order valence-corrected chi connectivity index (χ3v) is 3.59. The van der Waals surface area contributed by atoms with Gasteiger partial charge in [0.1, 0.15) is 5.75 Å². The lowest BCUT2D eigenvalue weighted by Crippen LogP contribution is -2.22. The molecule has 0 spiro atoms. The van der Waals surface area contributed by atoms with Gasteiger partial charge in [0.15, 0.2) is 0 Å². The Labute approximate surface area is 108 Å². The van der Waals surface area contributed by atoms with Crippen LogP contribution >= 0.6 is 0 Å². The number of rotatable bonds is 4. The maximum Gasteiger partial charge on any atom is 0.216 e. The van der Waals surface area contributed by atoms with Gasteiger partial charge in [-0.1, -0.05) is 6.07 Å². The molecule has 2 rings (SSSR count). The van der Waals surface area contributed by atoms with E-state index in [-0.39, 0.29) is 5.91 Å². The molecular formula is C14H20N2O2. The molecule has 1 aliphatic rings. The second-order valence-corrected chi connectivity index (χ2v) is 4.76. The number of amides is 1. The van der Waals surface area contributed by atoms with Crippen molar-refractivity contribution >= 4 is 11.6 Å². The fraction of sp³-hybridized carbons (Fsp3) is 0.500. The van der Waals surface area contributed by atoms with Gasteiger partial charge < -0.3 is 15.8 Å². The number of nitrogens with two attached hydrogens (primary N) is 1. The van der Waals surface area contributed by atoms with Gasteiger partial charge in [-0.25, -0.2) is 0 Å². The zero-order valence-corrected chi connectivity index (χ0v) is 11.0. The van der Waals surface area contributed by atoms with Gasteiger partial charge in [-0.2, -0.15) is 0 Å². The van der Waals surface area contributed by atoms with Crippen LogP contribution in [-0.4, -0.2) is 19.6 Å². The predicted molar refractivity (Wildman–Crippen MR) is 71.8 cm³/mol. The zero-order valence-electron chi connectivity index (χ0n) is 11.0. The van der Waals surface area contributed by atoms with Crippen molar-refractivity contribution in [2.45, 2.75) is 32.1 Å². The van der Waals surface area contributed by atoms with Gasteiger partial charge >= 0.3 is 0 Å². The molecule has 98 valence electrons. The van der Waals surface area contributed by atoms with E-state index < -0.39 is 0 Å². The number of fused-ring (bicyclic) bond motifs is 1. The van der Waals surface area contributed by atoms with Crippen molar-refractivity contribution in [3.63, 3.8) is 0 Å². The maximum atomic E-state index is 10.9. The molecule has 0 aromatic heterocycles. The zero-order chi connectivity index (χ0) is 13.1. The highest BCUT2D eigenvalue weighted by molar-refractivity contribution is 5.72. The molecular weight excluding hydrogens is 228 g/mol. The number of hydrogen-bond acceptors (Lipinski definition) is 3. The maximum absolute atomic E-state index is 10.9. The second-order valence-electron chi connectivity index (χ2n) is 4.76. The average molecular weight is 248 g/mol. The summed E-state index contributed by atoms with van der Waals surface area (Å²) in [5.74, 6) is 1.20. The molecule has 1 aliphatic carbocycles. The number of benzene rings is 1. The summed E-state index contributed by atoms with van der Waals surface area (Å²) in [6.45, 7) is 2.25. The first-order valence-electron chi connectivity index (χ1n) is 6.33. The van der Waals surface area contributed by atoms with E-state index in [1.54, 1.807) is 14.0 Å². The van der Waals surface area contributed by atoms with Crippen LogP contribution in [0, 0.1) is 0 Å². The minimum Gasteiger partial charge on any atom is -0.495 e. The smallest absolute Gasteiger partial charge is 0.216 e. The summed E-state index contributed by atoms with van der Waals surface area (Å²) in [5, 5.41) is 2.84. The van der Waals surface area contributed by atoms with Crippen LogP contribution < -0.4 is 15.8 Å². The summed E-state index contributed by atoms with van der Waals surface area (Å²) in [6, 6.07) is 4.04. The van der Waals surface area contributed by atoms with E-state index in [1.807, 2.05) is 6.07 Å². The topological polar surface area (TPSA) is 64.3 Å². The Morgan fingerprint density at radius 1 is 1.56 bits per heavy atom. The second kappa shape index (κ2) is 5.29. The van der Waals surface area contributed by atoms with Crippen LogP contribution in [0.1, 0.15) is 36.8 Å². The lowest BCUT2D eigenvalue weighted by Gasteiger charge is -2.16. The quantitative estimate of drug-likeness (QED) is 0.799. The minimum atomic E-state index is 0.0202. The van der Waals surface area contributed by atoms with Crippen molar-refractivity contribution in [1.82, 2.24) is 5.32 Å².